The first-order valence-electron chi connectivity index (χ1n) is 5.25. The average Bonchev–Trinajstić information content (AvgIpc) is 2.26. The van der Waals surface area contributed by atoms with Crippen LogP contribution in [0.25, 0.3) is 0 Å². The third-order valence-electron chi connectivity index (χ3n) is 2.30. The minimum Gasteiger partial charge on any atom is -0.318 e. The zero-order chi connectivity index (χ0) is 12.0. The Hall–Kier alpha value is -0.710. The molecule has 1 rings (SSSR count). The molecule has 1 aromatic carbocycles. The number of hydrogen-bond donors (Lipinski definition) is 1. The summed E-state index contributed by atoms with van der Waals surface area (Å²) < 4.78 is 0.941. The van der Waals surface area contributed by atoms with Gasteiger partial charge in [0.1, 0.15) is 0 Å². The number of benzene rings is 1. The second kappa shape index (κ2) is 6.78. The Balaban J connectivity index is 2.52. The number of halogens is 1. The highest BCUT2D eigenvalue weighted by atomic mass is 79.9. The second-order valence-electron chi connectivity index (χ2n) is 3.77. The van der Waals surface area contributed by atoms with E-state index in [1.807, 2.05) is 43.3 Å². The molecule has 4 heteroatoms. The molecule has 0 heterocycles. The van der Waals surface area contributed by atoms with Crippen LogP contribution in [0.4, 0.5) is 0 Å². The molecular weight excluding hydrogens is 268 g/mol. The molecule has 1 N–H and O–H groups in total. The Morgan fingerprint density at radius 2 is 2.25 bits per heavy atom. The maximum Gasteiger partial charge on any atom is 0.176 e. The molecule has 0 aliphatic heterocycles. The Morgan fingerprint density at radius 3 is 2.88 bits per heavy atom. The normalized spacial score (nSPS) is 10.8. The first-order valence-corrected chi connectivity index (χ1v) is 6.04. The lowest BCUT2D eigenvalue weighted by molar-refractivity contribution is 0.0947. The summed E-state index contributed by atoms with van der Waals surface area (Å²) in [5.74, 6) is 0.153. The van der Waals surface area contributed by atoms with E-state index in [1.54, 1.807) is 0 Å². The van der Waals surface area contributed by atoms with Crippen LogP contribution in [0.1, 0.15) is 10.4 Å². The van der Waals surface area contributed by atoms with E-state index in [1.165, 1.54) is 0 Å². The highest BCUT2D eigenvalue weighted by molar-refractivity contribution is 9.10. The Bertz CT molecular complexity index is 355. The fourth-order valence-electron chi connectivity index (χ4n) is 1.38. The molecule has 0 saturated carbocycles. The van der Waals surface area contributed by atoms with Crippen molar-refractivity contribution in [3.63, 3.8) is 0 Å². The number of Topliss-reactive ketones (excluding diaryl/α,β-unsaturated/α-hetero) is 1. The Morgan fingerprint density at radius 1 is 1.50 bits per heavy atom. The van der Waals surface area contributed by atoms with Crippen LogP contribution in [0.2, 0.25) is 0 Å². The van der Waals surface area contributed by atoms with Crippen LogP contribution in [0.5, 0.6) is 0 Å². The van der Waals surface area contributed by atoms with Crippen LogP contribution in [0.15, 0.2) is 28.7 Å². The highest BCUT2D eigenvalue weighted by Gasteiger charge is 2.08. The van der Waals surface area contributed by atoms with Gasteiger partial charge in [0.2, 0.25) is 0 Å². The Kier molecular flexibility index (Phi) is 5.66. The summed E-state index contributed by atoms with van der Waals surface area (Å²) >= 11 is 3.36. The summed E-state index contributed by atoms with van der Waals surface area (Å²) in [6.07, 6.45) is 0. The second-order valence-corrected chi connectivity index (χ2v) is 4.69. The number of carbonyl (C=O) groups is 1. The van der Waals surface area contributed by atoms with Gasteiger partial charge in [-0.05, 0) is 26.2 Å². The van der Waals surface area contributed by atoms with E-state index in [4.69, 9.17) is 0 Å². The van der Waals surface area contributed by atoms with Gasteiger partial charge in [-0.25, -0.2) is 0 Å². The molecule has 0 aliphatic rings. The van der Waals surface area contributed by atoms with E-state index in [2.05, 4.69) is 21.2 Å². The van der Waals surface area contributed by atoms with Crippen molar-refractivity contribution in [3.05, 3.63) is 34.3 Å². The maximum atomic E-state index is 11.9. The number of ketones is 1. The number of rotatable bonds is 6. The van der Waals surface area contributed by atoms with Gasteiger partial charge >= 0.3 is 0 Å². The molecule has 0 aromatic heterocycles. The SMILES string of the molecule is CNCCN(C)CC(=O)c1cccc(Br)c1. The van der Waals surface area contributed by atoms with Gasteiger partial charge in [0.15, 0.2) is 5.78 Å². The van der Waals surface area contributed by atoms with Crippen molar-refractivity contribution in [1.29, 1.82) is 0 Å². The van der Waals surface area contributed by atoms with Gasteiger partial charge in [-0.15, -0.1) is 0 Å². The zero-order valence-corrected chi connectivity index (χ0v) is 11.3. The number of carbonyl (C=O) groups excluding carboxylic acids is 1. The monoisotopic (exact) mass is 284 g/mol. The van der Waals surface area contributed by atoms with E-state index in [0.29, 0.717) is 6.54 Å². The summed E-state index contributed by atoms with van der Waals surface area (Å²) in [5.41, 5.74) is 0.755. The predicted molar refractivity (Wildman–Crippen MR) is 69.9 cm³/mol. The van der Waals surface area contributed by atoms with Gasteiger partial charge in [-0.1, -0.05) is 28.1 Å². The molecule has 0 unspecified atom stereocenters. The fourth-order valence-corrected chi connectivity index (χ4v) is 1.78. The standard InChI is InChI=1S/C12H17BrN2O/c1-14-6-7-15(2)9-12(16)10-4-3-5-11(13)8-10/h3-5,8,14H,6-7,9H2,1-2H3. The van der Waals surface area contributed by atoms with Crippen molar-refractivity contribution in [2.45, 2.75) is 0 Å². The average molecular weight is 285 g/mol. The number of nitrogens with zero attached hydrogens (tertiary/aromatic N) is 1. The van der Waals surface area contributed by atoms with Gasteiger partial charge in [-0.2, -0.15) is 0 Å². The lowest BCUT2D eigenvalue weighted by Crippen LogP contribution is -2.31. The lowest BCUT2D eigenvalue weighted by Gasteiger charge is -2.15. The molecule has 0 saturated heterocycles. The van der Waals surface area contributed by atoms with Gasteiger partial charge in [0.05, 0.1) is 6.54 Å². The van der Waals surface area contributed by atoms with Crippen molar-refractivity contribution in [2.24, 2.45) is 0 Å². The summed E-state index contributed by atoms with van der Waals surface area (Å²) in [6.45, 7) is 2.22. The largest absolute Gasteiger partial charge is 0.318 e. The topological polar surface area (TPSA) is 32.3 Å². The molecular formula is C12H17BrN2O. The van der Waals surface area contributed by atoms with Crippen LogP contribution in [0, 0.1) is 0 Å². The molecule has 0 bridgehead atoms. The summed E-state index contributed by atoms with van der Waals surface area (Å²) in [5, 5.41) is 3.06. The van der Waals surface area contributed by atoms with Crippen LogP contribution in [-0.4, -0.2) is 44.4 Å². The third kappa shape index (κ3) is 4.43. The molecule has 0 radical (unpaired) electrons. The molecule has 0 atom stereocenters. The lowest BCUT2D eigenvalue weighted by atomic mass is 10.1. The van der Waals surface area contributed by atoms with Crippen molar-refractivity contribution in [2.75, 3.05) is 33.7 Å². The minimum absolute atomic E-state index is 0.153. The number of likely N-dealkylation sites (N-methyl/N-ethyl adjacent to an activating group) is 2. The molecule has 3 nitrogen and oxygen atoms in total. The molecule has 0 spiro atoms. The molecule has 16 heavy (non-hydrogen) atoms. The van der Waals surface area contributed by atoms with E-state index in [0.717, 1.165) is 23.1 Å². The quantitative estimate of drug-likeness (QED) is 0.809. The van der Waals surface area contributed by atoms with Gasteiger partial charge in [0.25, 0.3) is 0 Å². The number of nitrogens with one attached hydrogen (secondary N) is 1. The fraction of sp³-hybridized carbons (Fsp3) is 0.417. The first-order chi connectivity index (χ1) is 7.63. The van der Waals surface area contributed by atoms with Crippen LogP contribution in [-0.2, 0) is 0 Å². The van der Waals surface area contributed by atoms with Gasteiger partial charge in [0, 0.05) is 23.1 Å². The summed E-state index contributed by atoms with van der Waals surface area (Å²) in [6, 6.07) is 7.50. The summed E-state index contributed by atoms with van der Waals surface area (Å²) in [4.78, 5) is 13.9. The number of hydrogen-bond acceptors (Lipinski definition) is 3. The molecule has 88 valence electrons. The smallest absolute Gasteiger partial charge is 0.176 e. The maximum absolute atomic E-state index is 11.9. The first kappa shape index (κ1) is 13.4. The molecule has 0 fully saturated rings. The van der Waals surface area contributed by atoms with Crippen molar-refractivity contribution >= 4 is 21.7 Å². The van der Waals surface area contributed by atoms with Crippen LogP contribution in [0.3, 0.4) is 0 Å². The van der Waals surface area contributed by atoms with Gasteiger partial charge < -0.3 is 5.32 Å². The van der Waals surface area contributed by atoms with E-state index in [9.17, 15) is 4.79 Å². The van der Waals surface area contributed by atoms with E-state index in [-0.39, 0.29) is 5.78 Å². The Labute approximate surface area is 105 Å². The highest BCUT2D eigenvalue weighted by Crippen LogP contribution is 2.12. The van der Waals surface area contributed by atoms with Crippen molar-refractivity contribution in [1.82, 2.24) is 10.2 Å². The third-order valence-corrected chi connectivity index (χ3v) is 2.80. The minimum atomic E-state index is 0.153. The van der Waals surface area contributed by atoms with Gasteiger partial charge in [-0.3, -0.25) is 9.69 Å². The van der Waals surface area contributed by atoms with Crippen LogP contribution < -0.4 is 5.32 Å². The zero-order valence-electron chi connectivity index (χ0n) is 9.66. The molecule has 1 aromatic rings. The van der Waals surface area contributed by atoms with E-state index < -0.39 is 0 Å². The van der Waals surface area contributed by atoms with E-state index >= 15 is 0 Å². The van der Waals surface area contributed by atoms with Crippen molar-refractivity contribution < 1.29 is 4.79 Å². The molecule has 0 aliphatic carbocycles. The predicted octanol–water partition coefficient (Wildman–Crippen LogP) is 1.78. The summed E-state index contributed by atoms with van der Waals surface area (Å²) in [7, 11) is 3.86. The van der Waals surface area contributed by atoms with Crippen LogP contribution >= 0.6 is 15.9 Å². The molecule has 0 amide bonds. The van der Waals surface area contributed by atoms with Crippen molar-refractivity contribution in [3.8, 4) is 0 Å².